The first kappa shape index (κ1) is 17.6. The molecule has 2 aliphatic rings. The summed E-state index contributed by atoms with van der Waals surface area (Å²) in [4.78, 5) is 7.28. The number of aliphatic imine (C=N–C) groups is 1. The first-order valence-corrected chi connectivity index (χ1v) is 8.27. The van der Waals surface area contributed by atoms with Gasteiger partial charge in [-0.05, 0) is 43.2 Å². The fourth-order valence-electron chi connectivity index (χ4n) is 2.87. The Morgan fingerprint density at radius 1 is 1.50 bits per heavy atom. The van der Waals surface area contributed by atoms with Gasteiger partial charge < -0.3 is 14.6 Å². The van der Waals surface area contributed by atoms with Gasteiger partial charge in [0.15, 0.2) is 5.96 Å². The van der Waals surface area contributed by atoms with Crippen molar-refractivity contribution in [3.8, 4) is 0 Å². The molecule has 0 radical (unpaired) electrons. The Kier molecular flexibility index (Phi) is 6.17. The Morgan fingerprint density at radius 2 is 2.32 bits per heavy atom. The number of rotatable bonds is 5. The fraction of sp³-hybridized carbons (Fsp3) is 0.706. The van der Waals surface area contributed by atoms with E-state index in [1.54, 1.807) is 6.26 Å². The molecule has 0 aromatic carbocycles. The number of hydrogen-bond acceptors (Lipinski definition) is 2. The largest absolute Gasteiger partial charge is 0.469 e. The van der Waals surface area contributed by atoms with Gasteiger partial charge in [-0.15, -0.1) is 24.0 Å². The van der Waals surface area contributed by atoms with E-state index in [9.17, 15) is 0 Å². The van der Waals surface area contributed by atoms with E-state index in [1.807, 2.05) is 12.1 Å². The Labute approximate surface area is 150 Å². The summed E-state index contributed by atoms with van der Waals surface area (Å²) in [6, 6.07) is 4.61. The third-order valence-electron chi connectivity index (χ3n) is 4.82. The van der Waals surface area contributed by atoms with E-state index in [-0.39, 0.29) is 24.0 Å². The molecule has 22 heavy (non-hydrogen) atoms. The number of hydrogen-bond donors (Lipinski definition) is 1. The van der Waals surface area contributed by atoms with Crippen molar-refractivity contribution in [2.24, 2.45) is 10.4 Å². The summed E-state index contributed by atoms with van der Waals surface area (Å²) in [6.07, 6.45) is 7.70. The minimum absolute atomic E-state index is 0. The van der Waals surface area contributed by atoms with Crippen molar-refractivity contribution in [2.45, 2.75) is 52.0 Å². The highest BCUT2D eigenvalue weighted by Crippen LogP contribution is 2.33. The lowest BCUT2D eigenvalue weighted by Gasteiger charge is -2.25. The van der Waals surface area contributed by atoms with Crippen LogP contribution in [0.3, 0.4) is 0 Å². The van der Waals surface area contributed by atoms with Crippen molar-refractivity contribution in [2.75, 3.05) is 19.6 Å². The second-order valence-electron chi connectivity index (χ2n) is 6.79. The highest BCUT2D eigenvalue weighted by atomic mass is 127. The minimum Gasteiger partial charge on any atom is -0.469 e. The summed E-state index contributed by atoms with van der Waals surface area (Å²) in [5.74, 6) is 2.13. The zero-order valence-corrected chi connectivity index (χ0v) is 16.0. The number of guanidine groups is 1. The monoisotopic (exact) mass is 417 g/mol. The fourth-order valence-corrected chi connectivity index (χ4v) is 2.87. The molecule has 1 aliphatic carbocycles. The van der Waals surface area contributed by atoms with Gasteiger partial charge in [0.05, 0.1) is 6.26 Å². The Bertz CT molecular complexity index is 484. The molecule has 5 heteroatoms. The average molecular weight is 417 g/mol. The van der Waals surface area contributed by atoms with Crippen molar-refractivity contribution in [3.63, 3.8) is 0 Å². The second kappa shape index (κ2) is 7.70. The molecule has 0 amide bonds. The Hall–Kier alpha value is -0.720. The van der Waals surface area contributed by atoms with Crippen molar-refractivity contribution >= 4 is 29.9 Å². The van der Waals surface area contributed by atoms with Crippen molar-refractivity contribution in [3.05, 3.63) is 24.2 Å². The molecule has 2 fully saturated rings. The van der Waals surface area contributed by atoms with Crippen LogP contribution in [0.5, 0.6) is 0 Å². The maximum Gasteiger partial charge on any atom is 0.194 e. The van der Waals surface area contributed by atoms with E-state index in [4.69, 9.17) is 9.41 Å². The topological polar surface area (TPSA) is 40.8 Å². The molecule has 1 aromatic heterocycles. The maximum absolute atomic E-state index is 5.38. The molecule has 1 saturated heterocycles. The van der Waals surface area contributed by atoms with E-state index < -0.39 is 0 Å². The van der Waals surface area contributed by atoms with Crippen LogP contribution in [-0.2, 0) is 6.42 Å². The zero-order valence-electron chi connectivity index (χ0n) is 13.7. The van der Waals surface area contributed by atoms with Crippen LogP contribution in [0.1, 0.15) is 45.3 Å². The van der Waals surface area contributed by atoms with E-state index in [2.05, 4.69) is 24.1 Å². The highest BCUT2D eigenvalue weighted by molar-refractivity contribution is 14.0. The van der Waals surface area contributed by atoms with Crippen LogP contribution >= 0.6 is 24.0 Å². The SMILES string of the molecule is CCC1(C)CCN(C(=NCCc2ccco2)NC2CC2)C1.I. The lowest BCUT2D eigenvalue weighted by molar-refractivity contribution is 0.321. The van der Waals surface area contributed by atoms with Gasteiger partial charge in [0.2, 0.25) is 0 Å². The van der Waals surface area contributed by atoms with Crippen LogP contribution in [0.25, 0.3) is 0 Å². The molecule has 1 aliphatic heterocycles. The first-order valence-electron chi connectivity index (χ1n) is 8.27. The van der Waals surface area contributed by atoms with Gasteiger partial charge in [-0.1, -0.05) is 13.8 Å². The summed E-state index contributed by atoms with van der Waals surface area (Å²) in [6.45, 7) is 7.74. The molecule has 2 heterocycles. The minimum atomic E-state index is 0. The van der Waals surface area contributed by atoms with Gasteiger partial charge in [-0.2, -0.15) is 0 Å². The second-order valence-corrected chi connectivity index (χ2v) is 6.79. The molecule has 0 bridgehead atoms. The van der Waals surface area contributed by atoms with E-state index >= 15 is 0 Å². The predicted molar refractivity (Wildman–Crippen MR) is 101 cm³/mol. The number of furan rings is 1. The molecule has 124 valence electrons. The summed E-state index contributed by atoms with van der Waals surface area (Å²) in [5, 5.41) is 3.62. The molecule has 1 atom stereocenters. The summed E-state index contributed by atoms with van der Waals surface area (Å²) < 4.78 is 5.38. The molecule has 4 nitrogen and oxygen atoms in total. The van der Waals surface area contributed by atoms with Gasteiger partial charge in [0.1, 0.15) is 5.76 Å². The van der Waals surface area contributed by atoms with Gasteiger partial charge in [0.25, 0.3) is 0 Å². The molecule has 0 spiro atoms. The van der Waals surface area contributed by atoms with Crippen LogP contribution in [0, 0.1) is 5.41 Å². The molecule has 1 aromatic rings. The van der Waals surface area contributed by atoms with E-state index in [0.29, 0.717) is 11.5 Å². The zero-order chi connectivity index (χ0) is 14.7. The standard InChI is InChI=1S/C17H27N3O.HI/c1-3-17(2)9-11-20(13-17)16(19-14-6-7-14)18-10-8-15-5-4-12-21-15;/h4-5,12,14H,3,6-11,13H2,1-2H3,(H,18,19);1H. The van der Waals surface area contributed by atoms with Crippen LogP contribution in [0.2, 0.25) is 0 Å². The summed E-state index contributed by atoms with van der Waals surface area (Å²) >= 11 is 0. The number of nitrogens with zero attached hydrogens (tertiary/aromatic N) is 2. The number of halogens is 1. The van der Waals surface area contributed by atoms with Crippen molar-refractivity contribution in [1.82, 2.24) is 10.2 Å². The highest BCUT2D eigenvalue weighted by Gasteiger charge is 2.35. The summed E-state index contributed by atoms with van der Waals surface area (Å²) in [7, 11) is 0. The summed E-state index contributed by atoms with van der Waals surface area (Å²) in [5.41, 5.74) is 0.451. The van der Waals surface area contributed by atoms with Crippen molar-refractivity contribution in [1.29, 1.82) is 0 Å². The third-order valence-corrected chi connectivity index (χ3v) is 4.82. The normalized spacial score (nSPS) is 25.2. The maximum atomic E-state index is 5.38. The average Bonchev–Trinajstić information content (AvgIpc) is 2.99. The molecular weight excluding hydrogens is 389 g/mol. The predicted octanol–water partition coefficient (Wildman–Crippen LogP) is 3.67. The van der Waals surface area contributed by atoms with E-state index in [1.165, 1.54) is 25.7 Å². The van der Waals surface area contributed by atoms with E-state index in [0.717, 1.165) is 37.8 Å². The van der Waals surface area contributed by atoms with Gasteiger partial charge in [0, 0.05) is 32.1 Å². The molecular formula is C17H28IN3O. The number of nitrogens with one attached hydrogen (secondary N) is 1. The third kappa shape index (κ3) is 4.64. The smallest absolute Gasteiger partial charge is 0.194 e. The Morgan fingerprint density at radius 3 is 2.91 bits per heavy atom. The molecule has 3 rings (SSSR count). The van der Waals surface area contributed by atoms with Crippen LogP contribution in [0.4, 0.5) is 0 Å². The van der Waals surface area contributed by atoms with Gasteiger partial charge in [-0.25, -0.2) is 0 Å². The number of likely N-dealkylation sites (tertiary alicyclic amines) is 1. The molecule has 1 saturated carbocycles. The van der Waals surface area contributed by atoms with Crippen molar-refractivity contribution < 1.29 is 4.42 Å². The first-order chi connectivity index (χ1) is 10.2. The Balaban J connectivity index is 0.00000176. The molecule has 1 N–H and O–H groups in total. The van der Waals surface area contributed by atoms with Gasteiger partial charge in [-0.3, -0.25) is 4.99 Å². The van der Waals surface area contributed by atoms with Crippen LogP contribution in [-0.4, -0.2) is 36.5 Å². The molecule has 1 unspecified atom stereocenters. The van der Waals surface area contributed by atoms with Crippen LogP contribution < -0.4 is 5.32 Å². The quantitative estimate of drug-likeness (QED) is 0.452. The van der Waals surface area contributed by atoms with Crippen LogP contribution in [0.15, 0.2) is 27.8 Å². The van der Waals surface area contributed by atoms with Gasteiger partial charge >= 0.3 is 0 Å². The lowest BCUT2D eigenvalue weighted by Crippen LogP contribution is -2.42. The lowest BCUT2D eigenvalue weighted by atomic mass is 9.87.